The van der Waals surface area contributed by atoms with Crippen LogP contribution in [0, 0.1) is 44.9 Å². The van der Waals surface area contributed by atoms with Gasteiger partial charge in [-0.25, -0.2) is 0 Å². The highest BCUT2D eigenvalue weighted by molar-refractivity contribution is 6.14. The van der Waals surface area contributed by atoms with Crippen LogP contribution in [0.25, 0.3) is 44.3 Å². The van der Waals surface area contributed by atoms with Gasteiger partial charge in [-0.15, -0.1) is 0 Å². The van der Waals surface area contributed by atoms with Crippen LogP contribution in [0.2, 0.25) is 0 Å². The number of benzene rings is 3. The third kappa shape index (κ3) is 3.69. The molecule has 5 aromatic rings. The third-order valence-electron chi connectivity index (χ3n) is 7.35. The molecule has 180 valence electrons. The molecule has 3 nitrogen and oxygen atoms in total. The number of hydrogen-bond donors (Lipinski definition) is 0. The Bertz CT molecular complexity index is 1940. The summed E-state index contributed by atoms with van der Waals surface area (Å²) >= 11 is 0. The predicted molar refractivity (Wildman–Crippen MR) is 148 cm³/mol. The Balaban J connectivity index is 1.96. The maximum Gasteiger partial charge on any atom is 0.216 e. The Morgan fingerprint density at radius 1 is 0.944 bits per heavy atom. The van der Waals surface area contributed by atoms with Crippen LogP contribution < -0.4 is 4.57 Å². The fraction of sp³-hybridized carbons (Fsp3) is 0.273. The lowest BCUT2D eigenvalue weighted by Crippen LogP contribution is -2.36. The summed E-state index contributed by atoms with van der Waals surface area (Å²) in [5, 5.41) is 11.5. The maximum atomic E-state index is 10.0. The highest BCUT2D eigenvalue weighted by atomic mass is 16.3. The number of pyridine rings is 1. The molecule has 0 unspecified atom stereocenters. The maximum absolute atomic E-state index is 10.0. The Morgan fingerprint density at radius 2 is 1.64 bits per heavy atom. The fourth-order valence-corrected chi connectivity index (χ4v) is 5.20. The largest absolute Gasteiger partial charge is 0.454 e. The van der Waals surface area contributed by atoms with Crippen molar-refractivity contribution >= 4 is 21.9 Å². The first-order valence-corrected chi connectivity index (χ1v) is 12.3. The van der Waals surface area contributed by atoms with Gasteiger partial charge in [0, 0.05) is 34.9 Å². The van der Waals surface area contributed by atoms with Crippen LogP contribution in [0.1, 0.15) is 54.2 Å². The molecule has 2 heterocycles. The Kier molecular flexibility index (Phi) is 4.57. The van der Waals surface area contributed by atoms with Gasteiger partial charge >= 0.3 is 0 Å². The van der Waals surface area contributed by atoms with E-state index in [1.807, 2.05) is 26.1 Å². The second-order valence-electron chi connectivity index (χ2n) is 10.1. The first kappa shape index (κ1) is 18.4. The van der Waals surface area contributed by atoms with Crippen molar-refractivity contribution in [1.29, 1.82) is 5.26 Å². The van der Waals surface area contributed by atoms with E-state index in [9.17, 15) is 5.26 Å². The highest BCUT2D eigenvalue weighted by Crippen LogP contribution is 2.43. The molecule has 0 saturated carbocycles. The van der Waals surface area contributed by atoms with Crippen LogP contribution in [-0.2, 0) is 13.5 Å². The molecule has 0 bridgehead atoms. The van der Waals surface area contributed by atoms with Crippen LogP contribution in [0.5, 0.6) is 0 Å². The van der Waals surface area contributed by atoms with E-state index in [-0.39, 0.29) is 17.6 Å². The number of hydrogen-bond acceptors (Lipinski definition) is 2. The molecule has 0 atom stereocenters. The number of rotatable bonds is 4. The van der Waals surface area contributed by atoms with E-state index in [2.05, 4.69) is 44.4 Å². The second kappa shape index (κ2) is 8.95. The molecule has 36 heavy (non-hydrogen) atoms. The van der Waals surface area contributed by atoms with Gasteiger partial charge in [-0.1, -0.05) is 56.2 Å². The highest BCUT2D eigenvalue weighted by Gasteiger charge is 2.26. The molecule has 2 aromatic heterocycles. The topological polar surface area (TPSA) is 40.8 Å². The Hall–Kier alpha value is -3.90. The van der Waals surface area contributed by atoms with Crippen molar-refractivity contribution in [2.75, 3.05) is 0 Å². The summed E-state index contributed by atoms with van der Waals surface area (Å²) in [4.78, 5) is 0. The molecular formula is C33H33N2O+. The molecule has 0 aliphatic rings. The minimum atomic E-state index is -0.462. The average Bonchev–Trinajstić information content (AvgIpc) is 3.30. The first-order valence-electron chi connectivity index (χ1n) is 14.8. The standard InChI is InChI=1S/C33H33N2O/c1-19(2)15-25-17-29(35(7)23(6)21(25)4)30-20(3)13-14-27-28-16-26(18-34)22(5)31(33(28)36-32(27)30)24-11-9-8-10-12-24/h8-14,16-17,19H,15H2,1-7H3/q+1/i8D,9D,10D,11D,12D. The van der Waals surface area contributed by atoms with Crippen molar-refractivity contribution in [2.45, 2.75) is 48.0 Å². The van der Waals surface area contributed by atoms with Crippen molar-refractivity contribution in [3.63, 3.8) is 0 Å². The van der Waals surface area contributed by atoms with Crippen LogP contribution in [-0.4, -0.2) is 0 Å². The number of aryl methyl sites for hydroxylation is 1. The van der Waals surface area contributed by atoms with E-state index in [1.54, 1.807) is 13.0 Å². The Labute approximate surface area is 220 Å². The van der Waals surface area contributed by atoms with Gasteiger partial charge in [-0.05, 0) is 61.4 Å². The van der Waals surface area contributed by atoms with E-state index in [4.69, 9.17) is 11.3 Å². The van der Waals surface area contributed by atoms with Crippen LogP contribution in [0.3, 0.4) is 0 Å². The lowest BCUT2D eigenvalue weighted by molar-refractivity contribution is -0.667. The van der Waals surface area contributed by atoms with E-state index in [0.717, 1.165) is 34.3 Å². The second-order valence-corrected chi connectivity index (χ2v) is 10.1. The molecule has 5 rings (SSSR count). The molecule has 0 fully saturated rings. The summed E-state index contributed by atoms with van der Waals surface area (Å²) < 4.78 is 50.8. The number of fused-ring (bicyclic) bond motifs is 3. The summed E-state index contributed by atoms with van der Waals surface area (Å²) in [5.74, 6) is 0.490. The molecule has 0 aliphatic carbocycles. The van der Waals surface area contributed by atoms with Gasteiger partial charge in [-0.3, -0.25) is 0 Å². The van der Waals surface area contributed by atoms with Gasteiger partial charge in [0.05, 0.1) is 24.0 Å². The van der Waals surface area contributed by atoms with Crippen molar-refractivity contribution in [2.24, 2.45) is 13.0 Å². The molecule has 0 spiro atoms. The smallest absolute Gasteiger partial charge is 0.216 e. The van der Waals surface area contributed by atoms with E-state index >= 15 is 0 Å². The number of nitriles is 1. The summed E-state index contributed by atoms with van der Waals surface area (Å²) in [6, 6.07) is 8.29. The molecule has 3 heteroatoms. The molecule has 0 aliphatic heterocycles. The lowest BCUT2D eigenvalue weighted by Gasteiger charge is -2.14. The molecule has 0 saturated heterocycles. The molecule has 3 aromatic carbocycles. The van der Waals surface area contributed by atoms with Crippen LogP contribution in [0.15, 0.2) is 58.9 Å². The van der Waals surface area contributed by atoms with Gasteiger partial charge < -0.3 is 4.42 Å². The zero-order valence-corrected chi connectivity index (χ0v) is 21.9. The quantitative estimate of drug-likeness (QED) is 0.245. The normalized spacial score (nSPS) is 13.5. The van der Waals surface area contributed by atoms with Crippen LogP contribution >= 0.6 is 0 Å². The molecular weight excluding hydrogens is 440 g/mol. The van der Waals surface area contributed by atoms with E-state index < -0.39 is 18.1 Å². The number of nitrogens with zero attached hydrogens (tertiary/aromatic N) is 2. The fourth-order valence-electron chi connectivity index (χ4n) is 5.20. The summed E-state index contributed by atoms with van der Waals surface area (Å²) in [7, 11) is 2.05. The minimum Gasteiger partial charge on any atom is -0.454 e. The number of aromatic nitrogens is 1. The van der Waals surface area contributed by atoms with Crippen molar-refractivity contribution in [3.05, 3.63) is 88.0 Å². The summed E-state index contributed by atoms with van der Waals surface area (Å²) in [6.07, 6.45) is 0.944. The average molecular weight is 479 g/mol. The summed E-state index contributed by atoms with van der Waals surface area (Å²) in [6.45, 7) is 12.5. The van der Waals surface area contributed by atoms with E-state index in [1.165, 1.54) is 11.1 Å². The molecule has 0 N–H and O–H groups in total. The Morgan fingerprint density at radius 3 is 2.31 bits per heavy atom. The SMILES string of the molecule is [2H]c1c([2H])c([2H])c(-c2c(C)c(C#N)cc3c2oc2c(-c4cc(CC(C)C)c(C)c(C)[n+]4C)c(C)ccc23)c([2H])c1[2H]. The van der Waals surface area contributed by atoms with Crippen molar-refractivity contribution in [1.82, 2.24) is 0 Å². The summed E-state index contributed by atoms with van der Waals surface area (Å²) in [5.41, 5.74) is 8.94. The van der Waals surface area contributed by atoms with Gasteiger partial charge in [0.1, 0.15) is 18.2 Å². The lowest BCUT2D eigenvalue weighted by atomic mass is 9.92. The first-order chi connectivity index (χ1) is 19.3. The van der Waals surface area contributed by atoms with Crippen molar-refractivity contribution < 1.29 is 15.8 Å². The predicted octanol–water partition coefficient (Wildman–Crippen LogP) is 8.05. The minimum absolute atomic E-state index is 0.0314. The zero-order valence-electron chi connectivity index (χ0n) is 26.9. The molecule has 0 radical (unpaired) electrons. The number of furan rings is 1. The third-order valence-corrected chi connectivity index (χ3v) is 7.35. The zero-order chi connectivity index (χ0) is 30.1. The van der Waals surface area contributed by atoms with Crippen molar-refractivity contribution in [3.8, 4) is 28.5 Å². The molecule has 0 amide bonds. The van der Waals surface area contributed by atoms with E-state index in [0.29, 0.717) is 39.2 Å². The monoisotopic (exact) mass is 478 g/mol. The van der Waals surface area contributed by atoms with Gasteiger partial charge in [0.15, 0.2) is 5.69 Å². The van der Waals surface area contributed by atoms with Gasteiger partial charge in [0.25, 0.3) is 0 Å². The van der Waals surface area contributed by atoms with Crippen LogP contribution in [0.4, 0.5) is 0 Å². The van der Waals surface area contributed by atoms with Gasteiger partial charge in [-0.2, -0.15) is 9.83 Å². The van der Waals surface area contributed by atoms with Gasteiger partial charge in [0.2, 0.25) is 5.69 Å².